The summed E-state index contributed by atoms with van der Waals surface area (Å²) in [7, 11) is 1.43. The molecule has 0 saturated carbocycles. The molecular weight excluding hydrogens is 314 g/mol. The second-order valence-corrected chi connectivity index (χ2v) is 6.96. The molecule has 1 aliphatic rings. The zero-order chi connectivity index (χ0) is 18.2. The third-order valence-electron chi connectivity index (χ3n) is 4.89. The van der Waals surface area contributed by atoms with Gasteiger partial charge in [-0.25, -0.2) is 9.50 Å². The first-order valence-electron chi connectivity index (χ1n) is 8.69. The first-order chi connectivity index (χ1) is 11.9. The van der Waals surface area contributed by atoms with Crippen molar-refractivity contribution in [1.29, 1.82) is 0 Å². The van der Waals surface area contributed by atoms with Crippen molar-refractivity contribution in [2.75, 3.05) is 7.11 Å². The Kier molecular flexibility index (Phi) is 4.50. The van der Waals surface area contributed by atoms with Crippen LogP contribution in [0.3, 0.4) is 0 Å². The highest BCUT2D eigenvalue weighted by atomic mass is 16.5. The van der Waals surface area contributed by atoms with Crippen LogP contribution >= 0.6 is 0 Å². The molecule has 5 nitrogen and oxygen atoms in total. The van der Waals surface area contributed by atoms with Gasteiger partial charge in [0.15, 0.2) is 5.65 Å². The lowest BCUT2D eigenvalue weighted by atomic mass is 9.81. The van der Waals surface area contributed by atoms with Gasteiger partial charge in [0, 0.05) is 23.4 Å². The van der Waals surface area contributed by atoms with E-state index in [1.54, 1.807) is 0 Å². The van der Waals surface area contributed by atoms with Crippen LogP contribution in [0, 0.1) is 19.3 Å². The largest absolute Gasteiger partial charge is 0.468 e. The topological polar surface area (TPSA) is 56.5 Å². The molecule has 0 fully saturated rings. The lowest BCUT2D eigenvalue weighted by Crippen LogP contribution is -2.27. The average Bonchev–Trinajstić information content (AvgIpc) is 2.94. The Balaban J connectivity index is 1.94. The predicted molar refractivity (Wildman–Crippen MR) is 97.5 cm³/mol. The van der Waals surface area contributed by atoms with Crippen LogP contribution in [0.15, 0.2) is 29.9 Å². The second-order valence-electron chi connectivity index (χ2n) is 6.96. The van der Waals surface area contributed by atoms with E-state index in [0.717, 1.165) is 35.6 Å². The Bertz CT molecular complexity index is 892. The number of hydrogen-bond acceptors (Lipinski definition) is 4. The molecule has 1 atom stereocenters. The van der Waals surface area contributed by atoms with E-state index in [0.29, 0.717) is 6.42 Å². The van der Waals surface area contributed by atoms with Gasteiger partial charge in [0.25, 0.3) is 0 Å². The van der Waals surface area contributed by atoms with Gasteiger partial charge in [-0.3, -0.25) is 4.79 Å². The summed E-state index contributed by atoms with van der Waals surface area (Å²) in [4.78, 5) is 16.7. The molecule has 0 radical (unpaired) electrons. The first kappa shape index (κ1) is 17.4. The van der Waals surface area contributed by atoms with Crippen LogP contribution < -0.4 is 0 Å². The molecule has 1 unspecified atom stereocenters. The Labute approximate surface area is 148 Å². The third-order valence-corrected chi connectivity index (χ3v) is 4.89. The molecule has 0 spiro atoms. The second kappa shape index (κ2) is 6.47. The standard InChI is InChI=1S/C20H25N3O2/c1-6-17-16(18-21-13(2)11-14(3)23(18)22-17)12-15-7-9-20(4,10-8-15)19(24)25-5/h7-9,11H,6,10,12H2,1-5H3. The summed E-state index contributed by atoms with van der Waals surface area (Å²) in [6.45, 7) is 8.09. The molecule has 0 aliphatic heterocycles. The molecule has 0 saturated heterocycles. The average molecular weight is 339 g/mol. The highest BCUT2D eigenvalue weighted by molar-refractivity contribution is 5.79. The van der Waals surface area contributed by atoms with Gasteiger partial charge < -0.3 is 4.74 Å². The molecule has 0 N–H and O–H groups in total. The molecule has 2 heterocycles. The molecule has 132 valence electrons. The Morgan fingerprint density at radius 3 is 2.76 bits per heavy atom. The zero-order valence-corrected chi connectivity index (χ0v) is 15.6. The number of carbonyl (C=O) groups excluding carboxylic acids is 1. The maximum Gasteiger partial charge on any atom is 0.315 e. The van der Waals surface area contributed by atoms with E-state index >= 15 is 0 Å². The van der Waals surface area contributed by atoms with Crippen molar-refractivity contribution >= 4 is 11.6 Å². The van der Waals surface area contributed by atoms with Crippen molar-refractivity contribution in [3.05, 3.63) is 52.5 Å². The normalized spacial score (nSPS) is 20.0. The molecule has 2 aromatic heterocycles. The highest BCUT2D eigenvalue weighted by Crippen LogP contribution is 2.32. The van der Waals surface area contributed by atoms with Crippen LogP contribution in [-0.4, -0.2) is 27.7 Å². The zero-order valence-electron chi connectivity index (χ0n) is 15.6. The number of allylic oxidation sites excluding steroid dienone is 3. The number of methoxy groups -OCH3 is 1. The minimum Gasteiger partial charge on any atom is -0.468 e. The maximum atomic E-state index is 11.9. The Morgan fingerprint density at radius 1 is 1.40 bits per heavy atom. The van der Waals surface area contributed by atoms with Crippen LogP contribution in [0.2, 0.25) is 0 Å². The van der Waals surface area contributed by atoms with Crippen LogP contribution in [0.4, 0.5) is 0 Å². The van der Waals surface area contributed by atoms with Gasteiger partial charge in [-0.15, -0.1) is 0 Å². The maximum absolute atomic E-state index is 11.9. The molecular formula is C20H25N3O2. The summed E-state index contributed by atoms with van der Waals surface area (Å²) in [6, 6.07) is 2.05. The SMILES string of the molecule is CCc1nn2c(C)cc(C)nc2c1CC1=CCC(C)(C(=O)OC)C=C1. The van der Waals surface area contributed by atoms with Gasteiger partial charge >= 0.3 is 5.97 Å². The lowest BCUT2D eigenvalue weighted by Gasteiger charge is -2.24. The van der Waals surface area contributed by atoms with E-state index in [9.17, 15) is 4.79 Å². The lowest BCUT2D eigenvalue weighted by molar-refractivity contribution is -0.148. The van der Waals surface area contributed by atoms with E-state index in [1.165, 1.54) is 18.2 Å². The number of aryl methyl sites for hydroxylation is 3. The summed E-state index contributed by atoms with van der Waals surface area (Å²) in [5.41, 5.74) is 5.90. The predicted octanol–water partition coefficient (Wildman–Crippen LogP) is 3.52. The van der Waals surface area contributed by atoms with Gasteiger partial charge in [-0.1, -0.05) is 25.2 Å². The summed E-state index contributed by atoms with van der Waals surface area (Å²) in [6.07, 6.45) is 8.41. The van der Waals surface area contributed by atoms with Gasteiger partial charge in [0.2, 0.25) is 0 Å². The summed E-state index contributed by atoms with van der Waals surface area (Å²) >= 11 is 0. The van der Waals surface area contributed by atoms with Crippen LogP contribution in [0.5, 0.6) is 0 Å². The van der Waals surface area contributed by atoms with Gasteiger partial charge in [-0.05, 0) is 45.3 Å². The fourth-order valence-corrected chi connectivity index (χ4v) is 3.36. The van der Waals surface area contributed by atoms with Crippen molar-refractivity contribution in [2.24, 2.45) is 5.41 Å². The minimum atomic E-state index is -0.571. The number of aromatic nitrogens is 3. The number of hydrogen-bond donors (Lipinski definition) is 0. The molecule has 25 heavy (non-hydrogen) atoms. The van der Waals surface area contributed by atoms with E-state index < -0.39 is 5.41 Å². The third kappa shape index (κ3) is 3.11. The number of carbonyl (C=O) groups is 1. The molecule has 0 amide bonds. The number of esters is 1. The van der Waals surface area contributed by atoms with Gasteiger partial charge in [-0.2, -0.15) is 5.10 Å². The van der Waals surface area contributed by atoms with Crippen molar-refractivity contribution in [3.8, 4) is 0 Å². The smallest absolute Gasteiger partial charge is 0.315 e. The van der Waals surface area contributed by atoms with E-state index in [1.807, 2.05) is 36.6 Å². The Hall–Kier alpha value is -2.43. The summed E-state index contributed by atoms with van der Waals surface area (Å²) < 4.78 is 6.85. The monoisotopic (exact) mass is 339 g/mol. The molecule has 1 aliphatic carbocycles. The summed E-state index contributed by atoms with van der Waals surface area (Å²) in [5, 5.41) is 4.74. The molecule has 0 bridgehead atoms. The highest BCUT2D eigenvalue weighted by Gasteiger charge is 2.32. The quantitative estimate of drug-likeness (QED) is 0.800. The van der Waals surface area contributed by atoms with E-state index in [-0.39, 0.29) is 5.97 Å². The Morgan fingerprint density at radius 2 is 2.16 bits per heavy atom. The van der Waals surface area contributed by atoms with Crippen molar-refractivity contribution in [2.45, 2.75) is 47.0 Å². The number of rotatable bonds is 4. The molecule has 5 heteroatoms. The van der Waals surface area contributed by atoms with Crippen molar-refractivity contribution < 1.29 is 9.53 Å². The first-order valence-corrected chi connectivity index (χ1v) is 8.69. The number of ether oxygens (including phenoxy) is 1. The van der Waals surface area contributed by atoms with Crippen LogP contribution in [0.25, 0.3) is 5.65 Å². The molecule has 3 rings (SSSR count). The van der Waals surface area contributed by atoms with Crippen LogP contribution in [-0.2, 0) is 22.4 Å². The summed E-state index contributed by atoms with van der Waals surface area (Å²) in [5.74, 6) is -0.197. The van der Waals surface area contributed by atoms with E-state index in [2.05, 4.69) is 19.9 Å². The van der Waals surface area contributed by atoms with Gasteiger partial charge in [0.05, 0.1) is 18.2 Å². The fourth-order valence-electron chi connectivity index (χ4n) is 3.36. The minimum absolute atomic E-state index is 0.197. The molecule has 2 aromatic rings. The van der Waals surface area contributed by atoms with E-state index in [4.69, 9.17) is 14.8 Å². The number of fused-ring (bicyclic) bond motifs is 1. The van der Waals surface area contributed by atoms with Crippen molar-refractivity contribution in [3.63, 3.8) is 0 Å². The number of nitrogens with zero attached hydrogens (tertiary/aromatic N) is 3. The fraction of sp³-hybridized carbons (Fsp3) is 0.450. The van der Waals surface area contributed by atoms with Crippen LogP contribution in [0.1, 0.15) is 42.9 Å². The van der Waals surface area contributed by atoms with Gasteiger partial charge in [0.1, 0.15) is 0 Å². The van der Waals surface area contributed by atoms with Crippen molar-refractivity contribution in [1.82, 2.24) is 14.6 Å². The molecule has 0 aromatic carbocycles.